The molecule has 0 heterocycles. The average Bonchev–Trinajstić information content (AvgIpc) is 2.12. The van der Waals surface area contributed by atoms with Crippen LogP contribution in [0.15, 0.2) is 0 Å². The monoisotopic (exact) mass is 216 g/mol. The van der Waals surface area contributed by atoms with Gasteiger partial charge in [-0.2, -0.15) is 0 Å². The number of unbranched alkanes of at least 4 members (excludes halogenated alkanes) is 1. The highest BCUT2D eigenvalue weighted by molar-refractivity contribution is 5.81. The van der Waals surface area contributed by atoms with Crippen molar-refractivity contribution >= 4 is 11.9 Å². The Morgan fingerprint density at radius 2 is 2.00 bits per heavy atom. The zero-order chi connectivity index (χ0) is 11.8. The number of aliphatic carboxylic acids is 1. The number of carbonyl (C=O) groups is 2. The fraction of sp³-hybridized carbons (Fsp3) is 0.800. The molecule has 0 aromatic heterocycles. The normalized spacial score (nSPS) is 14.5. The molecule has 88 valence electrons. The van der Waals surface area contributed by atoms with Crippen LogP contribution in [0.4, 0.5) is 0 Å². The van der Waals surface area contributed by atoms with E-state index in [4.69, 9.17) is 16.6 Å². The maximum Gasteiger partial charge on any atom is 0.304 e. The molecule has 0 aliphatic rings. The summed E-state index contributed by atoms with van der Waals surface area (Å²) in [7, 11) is 0. The molecule has 0 bridgehead atoms. The molecule has 1 amide bonds. The van der Waals surface area contributed by atoms with Crippen molar-refractivity contribution in [3.63, 3.8) is 0 Å². The Morgan fingerprint density at radius 3 is 2.40 bits per heavy atom. The zero-order valence-corrected chi connectivity index (χ0v) is 9.11. The first-order chi connectivity index (χ1) is 6.97. The van der Waals surface area contributed by atoms with Gasteiger partial charge in [0.1, 0.15) is 0 Å². The van der Waals surface area contributed by atoms with E-state index in [9.17, 15) is 9.59 Å². The molecular formula is C10H20N2O3. The summed E-state index contributed by atoms with van der Waals surface area (Å²) in [4.78, 5) is 21.4. The highest BCUT2D eigenvalue weighted by Gasteiger charge is 2.21. The lowest BCUT2D eigenvalue weighted by molar-refractivity contribution is -0.140. The number of carboxylic acids is 1. The predicted molar refractivity (Wildman–Crippen MR) is 57.1 cm³/mol. The van der Waals surface area contributed by atoms with E-state index in [2.05, 4.69) is 6.92 Å². The van der Waals surface area contributed by atoms with Crippen LogP contribution in [0.25, 0.3) is 0 Å². The molecule has 0 fully saturated rings. The predicted octanol–water partition coefficient (Wildman–Crippen LogP) is 0.470. The summed E-state index contributed by atoms with van der Waals surface area (Å²) in [5.74, 6) is -2.24. The molecule has 15 heavy (non-hydrogen) atoms. The second-order valence-electron chi connectivity index (χ2n) is 3.84. The molecular weight excluding hydrogens is 196 g/mol. The number of amides is 1. The summed E-state index contributed by atoms with van der Waals surface area (Å²) in [6, 6.07) is -0.137. The molecule has 5 heteroatoms. The third-order valence-corrected chi connectivity index (χ3v) is 2.34. The van der Waals surface area contributed by atoms with Crippen molar-refractivity contribution in [1.82, 2.24) is 0 Å². The van der Waals surface area contributed by atoms with Crippen LogP contribution in [0.5, 0.6) is 0 Å². The van der Waals surface area contributed by atoms with Crippen molar-refractivity contribution in [3.8, 4) is 0 Å². The first-order valence-corrected chi connectivity index (χ1v) is 5.24. The molecule has 5 N–H and O–H groups in total. The van der Waals surface area contributed by atoms with Crippen molar-refractivity contribution < 1.29 is 14.7 Å². The third kappa shape index (κ3) is 6.90. The van der Waals surface area contributed by atoms with Crippen LogP contribution in [0.3, 0.4) is 0 Å². The Bertz CT molecular complexity index is 219. The van der Waals surface area contributed by atoms with Gasteiger partial charge < -0.3 is 16.6 Å². The Kier molecular flexibility index (Phi) is 6.70. The van der Waals surface area contributed by atoms with Gasteiger partial charge in [-0.3, -0.25) is 9.59 Å². The molecule has 0 radical (unpaired) electrons. The number of primary amides is 1. The highest BCUT2D eigenvalue weighted by Crippen LogP contribution is 2.13. The minimum Gasteiger partial charge on any atom is -0.481 e. The van der Waals surface area contributed by atoms with Crippen LogP contribution in [0.2, 0.25) is 0 Å². The number of rotatable bonds is 8. The second kappa shape index (κ2) is 7.23. The van der Waals surface area contributed by atoms with Gasteiger partial charge in [-0.1, -0.05) is 19.8 Å². The minimum absolute atomic E-state index is 0.137. The molecule has 0 rings (SSSR count). The lowest BCUT2D eigenvalue weighted by Crippen LogP contribution is -2.32. The fourth-order valence-corrected chi connectivity index (χ4v) is 1.46. The van der Waals surface area contributed by atoms with Gasteiger partial charge in [-0.25, -0.2) is 0 Å². The van der Waals surface area contributed by atoms with Crippen LogP contribution < -0.4 is 11.5 Å². The van der Waals surface area contributed by atoms with Crippen molar-refractivity contribution in [2.24, 2.45) is 17.4 Å². The van der Waals surface area contributed by atoms with Gasteiger partial charge in [0.05, 0.1) is 6.42 Å². The number of nitrogens with two attached hydrogens (primary N) is 2. The van der Waals surface area contributed by atoms with E-state index in [1.165, 1.54) is 0 Å². The standard InChI is InChI=1S/C10H20N2O3/c1-2-3-4-8(11)5-7(10(12)15)6-9(13)14/h7-8H,2-6,11H2,1H3,(H2,12,15)(H,13,14). The van der Waals surface area contributed by atoms with Crippen molar-refractivity contribution in [2.75, 3.05) is 0 Å². The third-order valence-electron chi connectivity index (χ3n) is 2.34. The van der Waals surface area contributed by atoms with Crippen LogP contribution in [-0.2, 0) is 9.59 Å². The Hall–Kier alpha value is -1.10. The molecule has 2 atom stereocenters. The van der Waals surface area contributed by atoms with E-state index in [1.807, 2.05) is 0 Å². The van der Waals surface area contributed by atoms with Crippen molar-refractivity contribution in [3.05, 3.63) is 0 Å². The van der Waals surface area contributed by atoms with Gasteiger partial charge in [0.2, 0.25) is 5.91 Å². The quantitative estimate of drug-likeness (QED) is 0.548. The van der Waals surface area contributed by atoms with E-state index < -0.39 is 17.8 Å². The number of carboxylic acid groups (broad SMARTS) is 1. The van der Waals surface area contributed by atoms with Crippen LogP contribution in [0.1, 0.15) is 39.0 Å². The lowest BCUT2D eigenvalue weighted by atomic mass is 9.94. The Morgan fingerprint density at radius 1 is 1.40 bits per heavy atom. The highest BCUT2D eigenvalue weighted by atomic mass is 16.4. The van der Waals surface area contributed by atoms with Gasteiger partial charge in [-0.05, 0) is 12.8 Å². The summed E-state index contributed by atoms with van der Waals surface area (Å²) in [5.41, 5.74) is 10.9. The summed E-state index contributed by atoms with van der Waals surface area (Å²) in [6.45, 7) is 2.05. The first-order valence-electron chi connectivity index (χ1n) is 5.24. The lowest BCUT2D eigenvalue weighted by Gasteiger charge is -2.16. The molecule has 0 saturated heterocycles. The van der Waals surface area contributed by atoms with E-state index >= 15 is 0 Å². The van der Waals surface area contributed by atoms with Gasteiger partial charge >= 0.3 is 5.97 Å². The number of hydrogen-bond acceptors (Lipinski definition) is 3. The topological polar surface area (TPSA) is 106 Å². The SMILES string of the molecule is CCCCC(N)CC(CC(=O)O)C(N)=O. The van der Waals surface area contributed by atoms with Crippen molar-refractivity contribution in [1.29, 1.82) is 0 Å². The van der Waals surface area contributed by atoms with Gasteiger partial charge in [-0.15, -0.1) is 0 Å². The largest absolute Gasteiger partial charge is 0.481 e. The van der Waals surface area contributed by atoms with E-state index in [-0.39, 0.29) is 12.5 Å². The maximum absolute atomic E-state index is 10.9. The van der Waals surface area contributed by atoms with E-state index in [1.54, 1.807) is 0 Å². The molecule has 0 aliphatic carbocycles. The average molecular weight is 216 g/mol. The molecule has 0 aromatic carbocycles. The number of carbonyl (C=O) groups excluding carboxylic acids is 1. The molecule has 0 saturated carbocycles. The van der Waals surface area contributed by atoms with Gasteiger partial charge in [0, 0.05) is 12.0 Å². The molecule has 0 aromatic rings. The molecule has 0 aliphatic heterocycles. The summed E-state index contributed by atoms with van der Waals surface area (Å²) >= 11 is 0. The second-order valence-corrected chi connectivity index (χ2v) is 3.84. The van der Waals surface area contributed by atoms with Crippen LogP contribution >= 0.6 is 0 Å². The maximum atomic E-state index is 10.9. The fourth-order valence-electron chi connectivity index (χ4n) is 1.46. The molecule has 5 nitrogen and oxygen atoms in total. The molecule has 0 spiro atoms. The summed E-state index contributed by atoms with van der Waals surface area (Å²) in [5, 5.41) is 8.57. The molecule has 2 unspecified atom stereocenters. The summed E-state index contributed by atoms with van der Waals surface area (Å²) in [6.07, 6.45) is 2.96. The first kappa shape index (κ1) is 13.9. The van der Waals surface area contributed by atoms with Crippen LogP contribution in [-0.4, -0.2) is 23.0 Å². The number of hydrogen-bond donors (Lipinski definition) is 3. The van der Waals surface area contributed by atoms with Gasteiger partial charge in [0.25, 0.3) is 0 Å². The minimum atomic E-state index is -1.01. The summed E-state index contributed by atoms with van der Waals surface area (Å²) < 4.78 is 0. The smallest absolute Gasteiger partial charge is 0.304 e. The van der Waals surface area contributed by atoms with Crippen molar-refractivity contribution in [2.45, 2.75) is 45.1 Å². The van der Waals surface area contributed by atoms with Gasteiger partial charge in [0.15, 0.2) is 0 Å². The van der Waals surface area contributed by atoms with Crippen LogP contribution in [0, 0.1) is 5.92 Å². The Balaban J connectivity index is 4.04. The van der Waals surface area contributed by atoms with E-state index in [0.717, 1.165) is 19.3 Å². The Labute approximate surface area is 89.8 Å². The van der Waals surface area contributed by atoms with E-state index in [0.29, 0.717) is 6.42 Å². The zero-order valence-electron chi connectivity index (χ0n) is 9.11.